The average Bonchev–Trinajstić information content (AvgIpc) is 2.67. The summed E-state index contributed by atoms with van der Waals surface area (Å²) in [5.74, 6) is 1.87. The number of hydrogen-bond donors (Lipinski definition) is 1. The molecule has 0 saturated carbocycles. The molecule has 4 heteroatoms. The highest BCUT2D eigenvalue weighted by Gasteiger charge is 2.24. The minimum Gasteiger partial charge on any atom is -0.490 e. The van der Waals surface area contributed by atoms with Gasteiger partial charge in [-0.25, -0.2) is 0 Å². The Morgan fingerprint density at radius 3 is 2.33 bits per heavy atom. The van der Waals surface area contributed by atoms with E-state index in [2.05, 4.69) is 20.4 Å². The Labute approximate surface area is 164 Å². The molecule has 0 aliphatic rings. The first-order valence-corrected chi connectivity index (χ1v) is 9.81. The van der Waals surface area contributed by atoms with Crippen molar-refractivity contribution in [3.63, 3.8) is 0 Å². The van der Waals surface area contributed by atoms with Crippen molar-refractivity contribution in [2.24, 2.45) is 5.41 Å². The minimum absolute atomic E-state index is 0.0377. The maximum Gasteiger partial charge on any atom is 0.203 e. The van der Waals surface area contributed by atoms with E-state index >= 15 is 0 Å². The maximum atomic E-state index is 9.60. The number of benzene rings is 1. The third-order valence-electron chi connectivity index (χ3n) is 4.47. The predicted octanol–water partition coefficient (Wildman–Crippen LogP) is 5.64. The number of ether oxygens (including phenoxy) is 3. The molecular weight excluding hydrogens is 340 g/mol. The molecule has 0 aromatic heterocycles. The third kappa shape index (κ3) is 6.03. The van der Waals surface area contributed by atoms with E-state index in [-0.39, 0.29) is 12.0 Å². The molecule has 1 rings (SSSR count). The topological polar surface area (TPSA) is 47.9 Å². The van der Waals surface area contributed by atoms with Crippen LogP contribution in [0.3, 0.4) is 0 Å². The van der Waals surface area contributed by atoms with Crippen LogP contribution in [0.1, 0.15) is 59.4 Å². The Hall–Kier alpha value is -1.94. The number of allylic oxidation sites excluding steroid dienone is 3. The van der Waals surface area contributed by atoms with Crippen LogP contribution in [0.2, 0.25) is 0 Å². The quantitative estimate of drug-likeness (QED) is 0.480. The van der Waals surface area contributed by atoms with Gasteiger partial charge in [0, 0.05) is 11.0 Å². The van der Waals surface area contributed by atoms with Crippen LogP contribution in [0, 0.1) is 5.41 Å². The lowest BCUT2D eigenvalue weighted by Gasteiger charge is -2.25. The SMILES string of the molecule is C=CC(=C(CC)CCC)c1ccc(OCC)c(OC)c1OCC(C)(C)CO. The van der Waals surface area contributed by atoms with Crippen LogP contribution in [-0.4, -0.2) is 32.0 Å². The summed E-state index contributed by atoms with van der Waals surface area (Å²) in [5, 5.41) is 9.60. The summed E-state index contributed by atoms with van der Waals surface area (Å²) in [6.07, 6.45) is 4.93. The summed E-state index contributed by atoms with van der Waals surface area (Å²) in [7, 11) is 1.62. The molecule has 0 heterocycles. The molecular formula is C23H36O4. The maximum absolute atomic E-state index is 9.60. The van der Waals surface area contributed by atoms with Gasteiger partial charge in [0.05, 0.1) is 26.9 Å². The molecule has 0 radical (unpaired) electrons. The largest absolute Gasteiger partial charge is 0.490 e. The molecule has 1 aromatic carbocycles. The van der Waals surface area contributed by atoms with Crippen molar-refractivity contribution >= 4 is 5.57 Å². The second-order valence-electron chi connectivity index (χ2n) is 7.34. The van der Waals surface area contributed by atoms with Gasteiger partial charge >= 0.3 is 0 Å². The van der Waals surface area contributed by atoms with Crippen molar-refractivity contribution in [1.29, 1.82) is 0 Å². The van der Waals surface area contributed by atoms with Crippen LogP contribution in [-0.2, 0) is 0 Å². The van der Waals surface area contributed by atoms with Gasteiger partial charge in [-0.3, -0.25) is 0 Å². The summed E-state index contributed by atoms with van der Waals surface area (Å²) in [6.45, 7) is 15.2. The van der Waals surface area contributed by atoms with Gasteiger partial charge in [-0.2, -0.15) is 0 Å². The molecule has 0 atom stereocenters. The lowest BCUT2D eigenvalue weighted by atomic mass is 9.93. The Kier molecular flexibility index (Phi) is 9.44. The van der Waals surface area contributed by atoms with Gasteiger partial charge in [0.2, 0.25) is 5.75 Å². The summed E-state index contributed by atoms with van der Waals surface area (Å²) in [4.78, 5) is 0. The van der Waals surface area contributed by atoms with Gasteiger partial charge in [0.1, 0.15) is 0 Å². The van der Waals surface area contributed by atoms with Crippen LogP contribution < -0.4 is 14.2 Å². The highest BCUT2D eigenvalue weighted by molar-refractivity contribution is 5.82. The van der Waals surface area contributed by atoms with Crippen LogP contribution >= 0.6 is 0 Å². The zero-order valence-corrected chi connectivity index (χ0v) is 17.9. The number of aliphatic hydroxyl groups is 1. The summed E-state index contributed by atoms with van der Waals surface area (Å²) < 4.78 is 17.6. The van der Waals surface area contributed by atoms with Crippen molar-refractivity contribution in [3.05, 3.63) is 35.9 Å². The summed E-state index contributed by atoms with van der Waals surface area (Å²) in [5.41, 5.74) is 3.01. The lowest BCUT2D eigenvalue weighted by Crippen LogP contribution is -2.25. The van der Waals surface area contributed by atoms with E-state index in [0.717, 1.165) is 30.4 Å². The Morgan fingerprint density at radius 1 is 1.15 bits per heavy atom. The number of aliphatic hydroxyl groups excluding tert-OH is 1. The van der Waals surface area contributed by atoms with Crippen molar-refractivity contribution in [2.45, 2.75) is 53.9 Å². The number of rotatable bonds is 12. The van der Waals surface area contributed by atoms with Gasteiger partial charge < -0.3 is 19.3 Å². The molecule has 0 unspecified atom stereocenters. The van der Waals surface area contributed by atoms with Gasteiger partial charge in [-0.1, -0.05) is 52.3 Å². The Balaban J connectivity index is 3.59. The Morgan fingerprint density at radius 2 is 1.85 bits per heavy atom. The van der Waals surface area contributed by atoms with E-state index in [1.54, 1.807) is 7.11 Å². The molecule has 0 spiro atoms. The second-order valence-corrected chi connectivity index (χ2v) is 7.34. The van der Waals surface area contributed by atoms with Crippen molar-refractivity contribution in [3.8, 4) is 17.2 Å². The van der Waals surface area contributed by atoms with E-state index in [4.69, 9.17) is 14.2 Å². The molecule has 0 fully saturated rings. The zero-order chi connectivity index (χ0) is 20.4. The highest BCUT2D eigenvalue weighted by atomic mass is 16.5. The monoisotopic (exact) mass is 376 g/mol. The standard InChI is InChI=1S/C23H36O4/c1-8-12-17(9-2)18(10-3)19-13-14-20(26-11-4)22(25-7)21(19)27-16-23(5,6)15-24/h10,13-14,24H,3,8-9,11-12,15-16H2,1-2,4-7H3. The predicted molar refractivity (Wildman–Crippen MR) is 113 cm³/mol. The minimum atomic E-state index is -0.362. The Bertz CT molecular complexity index is 644. The fourth-order valence-electron chi connectivity index (χ4n) is 2.92. The van der Waals surface area contributed by atoms with Gasteiger partial charge in [-0.05, 0) is 37.5 Å². The first-order valence-electron chi connectivity index (χ1n) is 9.81. The van der Waals surface area contributed by atoms with E-state index in [1.165, 1.54) is 5.57 Å². The van der Waals surface area contributed by atoms with Crippen molar-refractivity contribution in [1.82, 2.24) is 0 Å². The molecule has 0 aliphatic carbocycles. The molecule has 0 saturated heterocycles. The van der Waals surface area contributed by atoms with Crippen LogP contribution in [0.15, 0.2) is 30.4 Å². The molecule has 1 aromatic rings. The lowest BCUT2D eigenvalue weighted by molar-refractivity contribution is 0.0954. The van der Waals surface area contributed by atoms with Crippen LogP contribution in [0.5, 0.6) is 17.2 Å². The third-order valence-corrected chi connectivity index (χ3v) is 4.47. The molecule has 0 amide bonds. The molecule has 27 heavy (non-hydrogen) atoms. The molecule has 152 valence electrons. The van der Waals surface area contributed by atoms with Gasteiger partial charge in [0.15, 0.2) is 11.5 Å². The summed E-state index contributed by atoms with van der Waals surface area (Å²) >= 11 is 0. The summed E-state index contributed by atoms with van der Waals surface area (Å²) in [6, 6.07) is 3.93. The van der Waals surface area contributed by atoms with Crippen LogP contribution in [0.4, 0.5) is 0 Å². The van der Waals surface area contributed by atoms with E-state index in [0.29, 0.717) is 30.5 Å². The van der Waals surface area contributed by atoms with Crippen molar-refractivity contribution in [2.75, 3.05) is 26.9 Å². The van der Waals surface area contributed by atoms with Gasteiger partial charge in [-0.15, -0.1) is 0 Å². The number of hydrogen-bond acceptors (Lipinski definition) is 4. The van der Waals surface area contributed by atoms with E-state index in [1.807, 2.05) is 39.0 Å². The van der Waals surface area contributed by atoms with Crippen molar-refractivity contribution < 1.29 is 19.3 Å². The fourth-order valence-corrected chi connectivity index (χ4v) is 2.92. The van der Waals surface area contributed by atoms with E-state index < -0.39 is 0 Å². The highest BCUT2D eigenvalue weighted by Crippen LogP contribution is 2.44. The smallest absolute Gasteiger partial charge is 0.203 e. The first-order chi connectivity index (χ1) is 12.9. The fraction of sp³-hybridized carbons (Fsp3) is 0.565. The normalized spacial score (nSPS) is 12.4. The zero-order valence-electron chi connectivity index (χ0n) is 17.9. The van der Waals surface area contributed by atoms with E-state index in [9.17, 15) is 5.11 Å². The second kappa shape index (κ2) is 11.0. The van der Waals surface area contributed by atoms with Gasteiger partial charge in [0.25, 0.3) is 0 Å². The molecule has 0 aliphatic heterocycles. The molecule has 1 N–H and O–H groups in total. The molecule has 4 nitrogen and oxygen atoms in total. The number of methoxy groups -OCH3 is 1. The first kappa shape index (κ1) is 23.1. The van der Waals surface area contributed by atoms with Crippen LogP contribution in [0.25, 0.3) is 5.57 Å². The average molecular weight is 377 g/mol. The molecule has 0 bridgehead atoms.